The summed E-state index contributed by atoms with van der Waals surface area (Å²) in [4.78, 5) is 0. The standard InChI is InChI=1S/C12H19ClSi2/c1-15(2,3)10-9-14(11-13)12-7-5-4-6-8-12/h4-10,14H,11H2,1-3H3. The predicted octanol–water partition coefficient (Wildman–Crippen LogP) is 2.87. The van der Waals surface area contributed by atoms with Crippen molar-refractivity contribution in [1.82, 2.24) is 0 Å². The zero-order valence-corrected chi connectivity index (χ0v) is 12.6. The molecule has 0 aliphatic heterocycles. The van der Waals surface area contributed by atoms with Gasteiger partial charge in [0.2, 0.25) is 0 Å². The molecule has 0 amide bonds. The van der Waals surface area contributed by atoms with Crippen LogP contribution in [0.2, 0.25) is 19.6 Å². The van der Waals surface area contributed by atoms with E-state index >= 15 is 0 Å². The third kappa shape index (κ3) is 4.82. The number of hydrogen-bond donors (Lipinski definition) is 0. The van der Waals surface area contributed by atoms with E-state index in [0.717, 1.165) is 5.50 Å². The van der Waals surface area contributed by atoms with Crippen LogP contribution in [0.4, 0.5) is 0 Å². The Labute approximate surface area is 101 Å². The molecule has 0 heterocycles. The number of rotatable bonds is 4. The minimum absolute atomic E-state index is 0.797. The lowest BCUT2D eigenvalue weighted by Gasteiger charge is -2.12. The van der Waals surface area contributed by atoms with Crippen LogP contribution in [-0.4, -0.2) is 22.4 Å². The Hall–Kier alpha value is -0.316. The molecule has 0 radical (unpaired) electrons. The highest BCUT2D eigenvalue weighted by Crippen LogP contribution is 2.03. The van der Waals surface area contributed by atoms with Gasteiger partial charge in [0.15, 0.2) is 0 Å². The Kier molecular flexibility index (Phi) is 4.83. The van der Waals surface area contributed by atoms with Crippen molar-refractivity contribution in [2.24, 2.45) is 0 Å². The van der Waals surface area contributed by atoms with Gasteiger partial charge in [0.25, 0.3) is 0 Å². The fourth-order valence-electron chi connectivity index (χ4n) is 1.36. The maximum atomic E-state index is 6.06. The molecule has 0 nitrogen and oxygen atoms in total. The molecule has 0 spiro atoms. The van der Waals surface area contributed by atoms with Crippen molar-refractivity contribution >= 4 is 33.7 Å². The lowest BCUT2D eigenvalue weighted by molar-refractivity contribution is 1.74. The molecule has 0 N–H and O–H groups in total. The first-order valence-electron chi connectivity index (χ1n) is 5.33. The third-order valence-corrected chi connectivity index (χ3v) is 7.03. The van der Waals surface area contributed by atoms with Gasteiger partial charge in [-0.1, -0.05) is 60.9 Å². The van der Waals surface area contributed by atoms with Gasteiger partial charge in [-0.3, -0.25) is 0 Å². The first kappa shape index (κ1) is 12.8. The largest absolute Gasteiger partial charge is 0.130 e. The molecule has 3 heteroatoms. The lowest BCUT2D eigenvalue weighted by atomic mass is 10.4. The Balaban J connectivity index is 2.78. The van der Waals surface area contributed by atoms with E-state index in [4.69, 9.17) is 11.6 Å². The van der Waals surface area contributed by atoms with Gasteiger partial charge < -0.3 is 0 Å². The zero-order chi connectivity index (χ0) is 11.3. The number of halogens is 1. The van der Waals surface area contributed by atoms with Crippen molar-refractivity contribution in [3.63, 3.8) is 0 Å². The fraction of sp³-hybridized carbons (Fsp3) is 0.333. The topological polar surface area (TPSA) is 0 Å². The fourth-order valence-corrected chi connectivity index (χ4v) is 6.66. The number of alkyl halides is 1. The van der Waals surface area contributed by atoms with Gasteiger partial charge in [0.1, 0.15) is 8.80 Å². The summed E-state index contributed by atoms with van der Waals surface area (Å²) >= 11 is 6.06. The summed E-state index contributed by atoms with van der Waals surface area (Å²) in [5.74, 6) is 0. The van der Waals surface area contributed by atoms with Crippen molar-refractivity contribution < 1.29 is 0 Å². The van der Waals surface area contributed by atoms with Crippen molar-refractivity contribution in [2.45, 2.75) is 19.6 Å². The summed E-state index contributed by atoms with van der Waals surface area (Å²) in [5, 5.41) is 1.45. The summed E-state index contributed by atoms with van der Waals surface area (Å²) < 4.78 is 0. The van der Waals surface area contributed by atoms with Gasteiger partial charge in [0, 0.05) is 5.50 Å². The van der Waals surface area contributed by atoms with E-state index in [-0.39, 0.29) is 0 Å². The maximum Gasteiger partial charge on any atom is 0.108 e. The third-order valence-electron chi connectivity index (χ3n) is 2.22. The highest BCUT2D eigenvalue weighted by atomic mass is 35.5. The molecule has 1 aromatic rings. The van der Waals surface area contributed by atoms with Gasteiger partial charge in [0.05, 0.1) is 8.07 Å². The van der Waals surface area contributed by atoms with Crippen molar-refractivity contribution in [3.05, 3.63) is 41.7 Å². The van der Waals surface area contributed by atoms with Gasteiger partial charge in [-0.05, 0) is 0 Å². The molecule has 1 rings (SSSR count). The van der Waals surface area contributed by atoms with Gasteiger partial charge >= 0.3 is 0 Å². The first-order valence-corrected chi connectivity index (χ1v) is 11.5. The van der Waals surface area contributed by atoms with Crippen molar-refractivity contribution in [3.8, 4) is 0 Å². The first-order chi connectivity index (χ1) is 7.03. The smallest absolute Gasteiger partial charge is 0.108 e. The second-order valence-corrected chi connectivity index (χ2v) is 13.5. The van der Waals surface area contributed by atoms with E-state index in [0.29, 0.717) is 0 Å². The Morgan fingerprint density at radius 2 is 1.80 bits per heavy atom. The average Bonchev–Trinajstić information content (AvgIpc) is 2.19. The molecular weight excluding hydrogens is 236 g/mol. The van der Waals surface area contributed by atoms with E-state index in [1.165, 1.54) is 5.19 Å². The summed E-state index contributed by atoms with van der Waals surface area (Å²) in [6, 6.07) is 10.7. The number of hydrogen-bond acceptors (Lipinski definition) is 0. The quantitative estimate of drug-likeness (QED) is 0.573. The van der Waals surface area contributed by atoms with E-state index in [9.17, 15) is 0 Å². The van der Waals surface area contributed by atoms with Gasteiger partial charge in [-0.2, -0.15) is 0 Å². The van der Waals surface area contributed by atoms with Gasteiger partial charge in [-0.25, -0.2) is 0 Å². The van der Waals surface area contributed by atoms with E-state index in [1.54, 1.807) is 0 Å². The second kappa shape index (κ2) is 5.68. The van der Waals surface area contributed by atoms with Crippen LogP contribution in [0.25, 0.3) is 0 Å². The average molecular weight is 255 g/mol. The maximum absolute atomic E-state index is 6.06. The molecular formula is C12H19ClSi2. The van der Waals surface area contributed by atoms with Crippen LogP contribution in [0, 0.1) is 0 Å². The molecule has 0 bridgehead atoms. The minimum Gasteiger partial charge on any atom is -0.130 e. The summed E-state index contributed by atoms with van der Waals surface area (Å²) in [6.45, 7) is 7.07. The van der Waals surface area contributed by atoms with E-state index in [2.05, 4.69) is 61.4 Å². The molecule has 0 aliphatic rings. The molecule has 0 aliphatic carbocycles. The highest BCUT2D eigenvalue weighted by molar-refractivity contribution is 6.87. The molecule has 82 valence electrons. The van der Waals surface area contributed by atoms with Crippen LogP contribution in [0.15, 0.2) is 41.7 Å². The molecule has 1 aromatic carbocycles. The zero-order valence-electron chi connectivity index (χ0n) is 9.70. The van der Waals surface area contributed by atoms with Crippen molar-refractivity contribution in [2.75, 3.05) is 5.50 Å². The van der Waals surface area contributed by atoms with Crippen LogP contribution >= 0.6 is 11.6 Å². The molecule has 0 saturated carbocycles. The van der Waals surface area contributed by atoms with Crippen LogP contribution in [0.3, 0.4) is 0 Å². The van der Waals surface area contributed by atoms with Crippen LogP contribution in [0.1, 0.15) is 0 Å². The van der Waals surface area contributed by atoms with Gasteiger partial charge in [-0.15, -0.1) is 17.3 Å². The molecule has 0 fully saturated rings. The monoisotopic (exact) mass is 254 g/mol. The summed E-state index contributed by atoms with van der Waals surface area (Å²) in [7, 11) is -2.13. The van der Waals surface area contributed by atoms with Crippen molar-refractivity contribution in [1.29, 1.82) is 0 Å². The minimum atomic E-state index is -1.07. The number of benzene rings is 1. The van der Waals surface area contributed by atoms with Crippen LogP contribution in [0.5, 0.6) is 0 Å². The molecule has 0 saturated heterocycles. The Bertz CT molecular complexity index is 314. The summed E-state index contributed by atoms with van der Waals surface area (Å²) in [5.41, 5.74) is 5.64. The summed E-state index contributed by atoms with van der Waals surface area (Å²) in [6.07, 6.45) is 0. The Morgan fingerprint density at radius 3 is 2.27 bits per heavy atom. The van der Waals surface area contributed by atoms with E-state index in [1.807, 2.05) is 0 Å². The lowest BCUT2D eigenvalue weighted by Crippen LogP contribution is -2.31. The molecule has 15 heavy (non-hydrogen) atoms. The molecule has 0 aromatic heterocycles. The normalized spacial score (nSPS) is 14.4. The Morgan fingerprint density at radius 1 is 1.20 bits per heavy atom. The predicted molar refractivity (Wildman–Crippen MR) is 76.4 cm³/mol. The SMILES string of the molecule is C[Si](C)(C)C=C[SiH](CCl)c1ccccc1. The highest BCUT2D eigenvalue weighted by Gasteiger charge is 2.12. The van der Waals surface area contributed by atoms with Crippen LogP contribution in [-0.2, 0) is 0 Å². The van der Waals surface area contributed by atoms with Crippen LogP contribution < -0.4 is 5.19 Å². The molecule has 1 atom stereocenters. The second-order valence-electron chi connectivity index (χ2n) is 4.90. The van der Waals surface area contributed by atoms with E-state index < -0.39 is 16.9 Å². The molecule has 1 unspecified atom stereocenters.